The smallest absolute Gasteiger partial charge is 0.159 e. The van der Waals surface area contributed by atoms with Crippen molar-refractivity contribution in [2.45, 2.75) is 83.2 Å². The number of hydrogen-bond donors (Lipinski definition) is 0. The highest BCUT2D eigenvalue weighted by molar-refractivity contribution is 5.35. The van der Waals surface area contributed by atoms with Crippen LogP contribution in [0.25, 0.3) is 0 Å². The van der Waals surface area contributed by atoms with Crippen LogP contribution in [0.3, 0.4) is 0 Å². The van der Waals surface area contributed by atoms with Crippen molar-refractivity contribution in [3.05, 3.63) is 71.3 Å². The standard InChI is InChI=1S/C28H36F2N2/c1-4-25(32(21(2)3)18-16-22-9-6-5-7-10-22)15-17-28(20-31,23-11-8-12-23)24-13-14-26(29)27(30)19-24/h5-7,9-10,13-14,19,21,23,25H,4,8,11-12,15-18H2,1-3H3. The van der Waals surface area contributed by atoms with Gasteiger partial charge in [-0.3, -0.25) is 4.90 Å². The second-order valence-electron chi connectivity index (χ2n) is 9.51. The van der Waals surface area contributed by atoms with Gasteiger partial charge < -0.3 is 0 Å². The van der Waals surface area contributed by atoms with Crippen LogP contribution >= 0.6 is 0 Å². The summed E-state index contributed by atoms with van der Waals surface area (Å²) in [5.41, 5.74) is 1.22. The summed E-state index contributed by atoms with van der Waals surface area (Å²) in [5, 5.41) is 10.3. The predicted molar refractivity (Wildman–Crippen MR) is 126 cm³/mol. The number of hydrogen-bond acceptors (Lipinski definition) is 2. The molecule has 0 aliphatic heterocycles. The van der Waals surface area contributed by atoms with Crippen molar-refractivity contribution in [3.63, 3.8) is 0 Å². The van der Waals surface area contributed by atoms with Crippen LogP contribution in [0, 0.1) is 28.9 Å². The van der Waals surface area contributed by atoms with E-state index >= 15 is 0 Å². The quantitative estimate of drug-likeness (QED) is 0.376. The first-order chi connectivity index (χ1) is 15.4. The van der Waals surface area contributed by atoms with E-state index in [2.05, 4.69) is 56.0 Å². The van der Waals surface area contributed by atoms with Gasteiger partial charge in [-0.2, -0.15) is 5.26 Å². The van der Waals surface area contributed by atoms with E-state index in [1.807, 2.05) is 6.07 Å². The number of halogens is 2. The van der Waals surface area contributed by atoms with Gasteiger partial charge in [0.2, 0.25) is 0 Å². The molecule has 0 amide bonds. The Kier molecular flexibility index (Phi) is 8.43. The number of rotatable bonds is 11. The molecule has 0 N–H and O–H groups in total. The predicted octanol–water partition coefficient (Wildman–Crippen LogP) is 7.04. The molecule has 0 aromatic heterocycles. The second kappa shape index (κ2) is 11.1. The van der Waals surface area contributed by atoms with E-state index in [1.54, 1.807) is 6.07 Å². The summed E-state index contributed by atoms with van der Waals surface area (Å²) in [6.07, 6.45) is 6.58. The van der Waals surface area contributed by atoms with E-state index in [4.69, 9.17) is 0 Å². The Hall–Kier alpha value is -2.25. The molecular formula is C28H36F2N2. The molecule has 2 atom stereocenters. The summed E-state index contributed by atoms with van der Waals surface area (Å²) in [4.78, 5) is 2.54. The van der Waals surface area contributed by atoms with E-state index in [-0.39, 0.29) is 5.92 Å². The molecule has 0 heterocycles. The van der Waals surface area contributed by atoms with Crippen molar-refractivity contribution in [3.8, 4) is 6.07 Å². The van der Waals surface area contributed by atoms with E-state index < -0.39 is 17.0 Å². The first-order valence-electron chi connectivity index (χ1n) is 12.1. The minimum absolute atomic E-state index is 0.215. The van der Waals surface area contributed by atoms with Crippen LogP contribution in [-0.4, -0.2) is 23.5 Å². The van der Waals surface area contributed by atoms with Gasteiger partial charge in [0.1, 0.15) is 0 Å². The minimum atomic E-state index is -0.861. The van der Waals surface area contributed by atoms with Crippen molar-refractivity contribution in [1.82, 2.24) is 4.90 Å². The lowest BCUT2D eigenvalue weighted by Gasteiger charge is -2.43. The molecule has 2 unspecified atom stereocenters. The molecule has 1 fully saturated rings. The molecular weight excluding hydrogens is 402 g/mol. The highest BCUT2D eigenvalue weighted by atomic mass is 19.2. The molecule has 4 heteroatoms. The van der Waals surface area contributed by atoms with Crippen molar-refractivity contribution in [2.75, 3.05) is 6.54 Å². The Morgan fingerprint density at radius 1 is 1.09 bits per heavy atom. The Morgan fingerprint density at radius 3 is 2.34 bits per heavy atom. The normalized spacial score (nSPS) is 17.1. The zero-order valence-electron chi connectivity index (χ0n) is 19.7. The van der Waals surface area contributed by atoms with Crippen molar-refractivity contribution in [1.29, 1.82) is 5.26 Å². The molecule has 1 aliphatic carbocycles. The zero-order valence-corrected chi connectivity index (χ0v) is 19.7. The van der Waals surface area contributed by atoms with Gasteiger partial charge in [0.25, 0.3) is 0 Å². The molecule has 0 spiro atoms. The van der Waals surface area contributed by atoms with Gasteiger partial charge in [0, 0.05) is 18.6 Å². The number of nitrogens with zero attached hydrogens (tertiary/aromatic N) is 2. The first-order valence-corrected chi connectivity index (χ1v) is 12.1. The van der Waals surface area contributed by atoms with Gasteiger partial charge in [0.15, 0.2) is 11.6 Å². The van der Waals surface area contributed by atoms with Crippen molar-refractivity contribution in [2.24, 2.45) is 5.92 Å². The number of nitriles is 1. The highest BCUT2D eigenvalue weighted by Crippen LogP contribution is 2.47. The van der Waals surface area contributed by atoms with Crippen molar-refractivity contribution >= 4 is 0 Å². The zero-order chi connectivity index (χ0) is 23.1. The number of benzene rings is 2. The van der Waals surface area contributed by atoms with Gasteiger partial charge in [-0.05, 0) is 81.5 Å². The fourth-order valence-corrected chi connectivity index (χ4v) is 5.23. The maximum absolute atomic E-state index is 14.1. The third-order valence-corrected chi connectivity index (χ3v) is 7.41. The van der Waals surface area contributed by atoms with Crippen LogP contribution < -0.4 is 0 Å². The van der Waals surface area contributed by atoms with E-state index in [1.165, 1.54) is 17.7 Å². The highest BCUT2D eigenvalue weighted by Gasteiger charge is 2.44. The first kappa shape index (κ1) is 24.4. The Balaban J connectivity index is 1.79. The van der Waals surface area contributed by atoms with Gasteiger partial charge in [-0.25, -0.2) is 8.78 Å². The average Bonchev–Trinajstić information content (AvgIpc) is 2.76. The van der Waals surface area contributed by atoms with Crippen LogP contribution in [0.1, 0.15) is 70.4 Å². The van der Waals surface area contributed by atoms with Gasteiger partial charge in [-0.15, -0.1) is 0 Å². The average molecular weight is 439 g/mol. The van der Waals surface area contributed by atoms with Crippen molar-refractivity contribution < 1.29 is 8.78 Å². The lowest BCUT2D eigenvalue weighted by atomic mass is 9.60. The molecule has 2 aromatic rings. The molecule has 172 valence electrons. The molecule has 2 nitrogen and oxygen atoms in total. The Labute approximate surface area is 192 Å². The molecule has 32 heavy (non-hydrogen) atoms. The molecule has 3 rings (SSSR count). The maximum atomic E-state index is 14.1. The summed E-state index contributed by atoms with van der Waals surface area (Å²) >= 11 is 0. The third-order valence-electron chi connectivity index (χ3n) is 7.41. The van der Waals surface area contributed by atoms with Crippen LogP contribution in [-0.2, 0) is 11.8 Å². The lowest BCUT2D eigenvalue weighted by molar-refractivity contribution is 0.122. The summed E-state index contributed by atoms with van der Waals surface area (Å²) < 4.78 is 27.7. The fraction of sp³-hybridized carbons (Fsp3) is 0.536. The summed E-state index contributed by atoms with van der Waals surface area (Å²) in [6.45, 7) is 7.63. The summed E-state index contributed by atoms with van der Waals surface area (Å²) in [7, 11) is 0. The molecule has 1 saturated carbocycles. The van der Waals surface area contributed by atoms with Gasteiger partial charge in [0.05, 0.1) is 11.5 Å². The van der Waals surface area contributed by atoms with E-state index in [0.717, 1.165) is 45.1 Å². The largest absolute Gasteiger partial charge is 0.298 e. The Bertz CT molecular complexity index is 901. The van der Waals surface area contributed by atoms with Crippen LogP contribution in [0.2, 0.25) is 0 Å². The molecule has 0 saturated heterocycles. The lowest BCUT2D eigenvalue weighted by Crippen LogP contribution is -2.44. The van der Waals surface area contributed by atoms with Crippen LogP contribution in [0.15, 0.2) is 48.5 Å². The summed E-state index contributed by atoms with van der Waals surface area (Å²) in [6, 6.07) is 17.9. The fourth-order valence-electron chi connectivity index (χ4n) is 5.23. The monoisotopic (exact) mass is 438 g/mol. The topological polar surface area (TPSA) is 27.0 Å². The second-order valence-corrected chi connectivity index (χ2v) is 9.51. The van der Waals surface area contributed by atoms with Crippen LogP contribution in [0.5, 0.6) is 0 Å². The molecule has 0 bridgehead atoms. The Morgan fingerprint density at radius 2 is 1.81 bits per heavy atom. The van der Waals surface area contributed by atoms with Gasteiger partial charge in [-0.1, -0.05) is 49.7 Å². The van der Waals surface area contributed by atoms with Gasteiger partial charge >= 0.3 is 0 Å². The van der Waals surface area contributed by atoms with E-state index in [9.17, 15) is 14.0 Å². The third kappa shape index (κ3) is 5.38. The maximum Gasteiger partial charge on any atom is 0.159 e. The minimum Gasteiger partial charge on any atom is -0.298 e. The SMILES string of the molecule is CCC(CCC(C#N)(c1ccc(F)c(F)c1)C1CCC1)N(CCc1ccccc1)C(C)C. The summed E-state index contributed by atoms with van der Waals surface area (Å²) in [5.74, 6) is -1.50. The van der Waals surface area contributed by atoms with E-state index in [0.29, 0.717) is 24.1 Å². The van der Waals surface area contributed by atoms with Crippen LogP contribution in [0.4, 0.5) is 8.78 Å². The molecule has 1 aliphatic rings. The molecule has 2 aromatic carbocycles. The molecule has 0 radical (unpaired) electrons.